The third-order valence-electron chi connectivity index (χ3n) is 3.06. The van der Waals surface area contributed by atoms with Gasteiger partial charge in [0, 0.05) is 30.9 Å². The second kappa shape index (κ2) is 6.15. The number of aromatic nitrogens is 1. The van der Waals surface area contributed by atoms with Crippen molar-refractivity contribution in [3.05, 3.63) is 11.1 Å². The molecule has 1 heterocycles. The zero-order valence-corrected chi connectivity index (χ0v) is 11.4. The molecular formula is C12H19N3O2S. The average molecular weight is 269 g/mol. The van der Waals surface area contributed by atoms with Crippen LogP contribution in [0.5, 0.6) is 0 Å². The molecule has 1 aromatic rings. The highest BCUT2D eigenvalue weighted by Crippen LogP contribution is 2.24. The molecule has 0 unspecified atom stereocenters. The van der Waals surface area contributed by atoms with E-state index in [4.69, 9.17) is 5.11 Å². The van der Waals surface area contributed by atoms with Crippen molar-refractivity contribution in [3.8, 4) is 0 Å². The van der Waals surface area contributed by atoms with Crippen molar-refractivity contribution >= 4 is 22.4 Å². The van der Waals surface area contributed by atoms with Gasteiger partial charge in [-0.3, -0.25) is 4.79 Å². The second-order valence-electron chi connectivity index (χ2n) is 4.68. The molecule has 2 N–H and O–H groups in total. The molecule has 2 rings (SSSR count). The third kappa shape index (κ3) is 4.27. The van der Waals surface area contributed by atoms with Crippen molar-refractivity contribution in [1.82, 2.24) is 9.88 Å². The first-order chi connectivity index (χ1) is 8.65. The quantitative estimate of drug-likeness (QED) is 0.751. The van der Waals surface area contributed by atoms with Crippen molar-refractivity contribution in [3.63, 3.8) is 0 Å². The molecule has 0 aromatic carbocycles. The lowest BCUT2D eigenvalue weighted by Gasteiger charge is -2.15. The van der Waals surface area contributed by atoms with Crippen molar-refractivity contribution in [2.45, 2.75) is 31.7 Å². The predicted molar refractivity (Wildman–Crippen MR) is 72.2 cm³/mol. The van der Waals surface area contributed by atoms with Crippen LogP contribution in [-0.2, 0) is 11.2 Å². The summed E-state index contributed by atoms with van der Waals surface area (Å²) < 4.78 is 0. The van der Waals surface area contributed by atoms with Gasteiger partial charge in [-0.05, 0) is 19.9 Å². The first-order valence-corrected chi connectivity index (χ1v) is 7.13. The van der Waals surface area contributed by atoms with Crippen LogP contribution in [-0.4, -0.2) is 47.1 Å². The molecule has 0 spiro atoms. The highest BCUT2D eigenvalue weighted by atomic mass is 32.1. The predicted octanol–water partition coefficient (Wildman–Crippen LogP) is 1.67. The molecule has 1 aliphatic carbocycles. The Kier molecular flexibility index (Phi) is 4.54. The Labute approximate surface area is 111 Å². The van der Waals surface area contributed by atoms with Crippen LogP contribution >= 0.6 is 11.3 Å². The number of rotatable bonds is 8. The number of hydrogen-bond donors (Lipinski definition) is 2. The van der Waals surface area contributed by atoms with Gasteiger partial charge in [0.1, 0.15) is 0 Å². The minimum absolute atomic E-state index is 0.146. The topological polar surface area (TPSA) is 65.5 Å². The van der Waals surface area contributed by atoms with Crippen molar-refractivity contribution in [2.75, 3.05) is 25.5 Å². The number of carboxylic acid groups (broad SMARTS) is 1. The fourth-order valence-electron chi connectivity index (χ4n) is 1.78. The van der Waals surface area contributed by atoms with E-state index in [9.17, 15) is 4.79 Å². The summed E-state index contributed by atoms with van der Waals surface area (Å²) >= 11 is 1.54. The summed E-state index contributed by atoms with van der Waals surface area (Å²) in [6.45, 7) is 1.91. The Morgan fingerprint density at radius 1 is 1.67 bits per heavy atom. The standard InChI is InChI=1S/C12H19N3O2S/c1-15(10-3-4-10)7-6-13-12-14-9(8-18-12)2-5-11(16)17/h8,10H,2-7H2,1H3,(H,13,14)(H,16,17). The highest BCUT2D eigenvalue weighted by Gasteiger charge is 2.25. The normalized spacial score (nSPS) is 15.0. The first kappa shape index (κ1) is 13.3. The first-order valence-electron chi connectivity index (χ1n) is 6.25. The molecule has 1 aliphatic rings. The van der Waals surface area contributed by atoms with E-state index in [1.165, 1.54) is 12.8 Å². The van der Waals surface area contributed by atoms with Gasteiger partial charge in [0.25, 0.3) is 0 Å². The van der Waals surface area contributed by atoms with Crippen LogP contribution in [0.15, 0.2) is 5.38 Å². The zero-order chi connectivity index (χ0) is 13.0. The van der Waals surface area contributed by atoms with Crippen LogP contribution < -0.4 is 5.32 Å². The lowest BCUT2D eigenvalue weighted by Crippen LogP contribution is -2.26. The largest absolute Gasteiger partial charge is 0.481 e. The number of hydrogen-bond acceptors (Lipinski definition) is 5. The number of nitrogens with zero attached hydrogens (tertiary/aromatic N) is 2. The fourth-order valence-corrected chi connectivity index (χ4v) is 2.55. The maximum absolute atomic E-state index is 10.5. The molecule has 18 heavy (non-hydrogen) atoms. The van der Waals surface area contributed by atoms with E-state index in [0.29, 0.717) is 6.42 Å². The van der Waals surface area contributed by atoms with Gasteiger partial charge in [-0.25, -0.2) is 4.98 Å². The third-order valence-corrected chi connectivity index (χ3v) is 3.91. The van der Waals surface area contributed by atoms with Crippen LogP contribution in [0.1, 0.15) is 25.0 Å². The molecule has 0 radical (unpaired) electrons. The van der Waals surface area contributed by atoms with Crippen LogP contribution in [0.4, 0.5) is 5.13 Å². The van der Waals surface area contributed by atoms with Gasteiger partial charge < -0.3 is 15.3 Å². The van der Waals surface area contributed by atoms with Crippen molar-refractivity contribution < 1.29 is 9.90 Å². The SMILES string of the molecule is CN(CCNc1nc(CCC(=O)O)cs1)C1CC1. The molecule has 1 saturated carbocycles. The minimum Gasteiger partial charge on any atom is -0.481 e. The number of aryl methyl sites for hydroxylation is 1. The maximum atomic E-state index is 10.5. The molecule has 5 nitrogen and oxygen atoms in total. The lowest BCUT2D eigenvalue weighted by molar-refractivity contribution is -0.136. The summed E-state index contributed by atoms with van der Waals surface area (Å²) in [5.74, 6) is -0.774. The van der Waals surface area contributed by atoms with Crippen molar-refractivity contribution in [2.24, 2.45) is 0 Å². The summed E-state index contributed by atoms with van der Waals surface area (Å²) in [7, 11) is 2.15. The van der Waals surface area contributed by atoms with Gasteiger partial charge in [0.2, 0.25) is 0 Å². The van der Waals surface area contributed by atoms with E-state index in [0.717, 1.165) is 30.0 Å². The summed E-state index contributed by atoms with van der Waals surface area (Å²) in [5, 5.41) is 14.7. The molecule has 0 saturated heterocycles. The molecule has 0 bridgehead atoms. The molecule has 0 aliphatic heterocycles. The fraction of sp³-hybridized carbons (Fsp3) is 0.667. The van der Waals surface area contributed by atoms with Crippen molar-refractivity contribution in [1.29, 1.82) is 0 Å². The number of carbonyl (C=O) groups is 1. The number of carboxylic acids is 1. The molecular weight excluding hydrogens is 250 g/mol. The van der Waals surface area contributed by atoms with E-state index in [1.807, 2.05) is 5.38 Å². The molecule has 1 fully saturated rings. The Morgan fingerprint density at radius 2 is 2.44 bits per heavy atom. The zero-order valence-electron chi connectivity index (χ0n) is 10.6. The summed E-state index contributed by atoms with van der Waals surface area (Å²) in [6.07, 6.45) is 3.31. The van der Waals surface area contributed by atoms with Crippen LogP contribution in [0.2, 0.25) is 0 Å². The maximum Gasteiger partial charge on any atom is 0.303 e. The van der Waals surface area contributed by atoms with Crippen LogP contribution in [0.25, 0.3) is 0 Å². The summed E-state index contributed by atoms with van der Waals surface area (Å²) in [5.41, 5.74) is 0.862. The van der Waals surface area contributed by atoms with Gasteiger partial charge in [-0.15, -0.1) is 11.3 Å². The Morgan fingerprint density at radius 3 is 3.11 bits per heavy atom. The molecule has 0 atom stereocenters. The minimum atomic E-state index is -0.774. The number of aliphatic carboxylic acids is 1. The summed E-state index contributed by atoms with van der Waals surface area (Å²) in [4.78, 5) is 17.2. The van der Waals surface area contributed by atoms with E-state index in [2.05, 4.69) is 22.2 Å². The monoisotopic (exact) mass is 269 g/mol. The number of nitrogens with one attached hydrogen (secondary N) is 1. The van der Waals surface area contributed by atoms with Crippen LogP contribution in [0, 0.1) is 0 Å². The van der Waals surface area contributed by atoms with Gasteiger partial charge >= 0.3 is 5.97 Å². The van der Waals surface area contributed by atoms with E-state index >= 15 is 0 Å². The van der Waals surface area contributed by atoms with Gasteiger partial charge in [0.05, 0.1) is 12.1 Å². The van der Waals surface area contributed by atoms with E-state index in [-0.39, 0.29) is 6.42 Å². The lowest BCUT2D eigenvalue weighted by atomic mass is 10.2. The van der Waals surface area contributed by atoms with Crippen LogP contribution in [0.3, 0.4) is 0 Å². The molecule has 1 aromatic heterocycles. The smallest absolute Gasteiger partial charge is 0.303 e. The van der Waals surface area contributed by atoms with Gasteiger partial charge in [0.15, 0.2) is 5.13 Å². The Hall–Kier alpha value is -1.14. The molecule has 6 heteroatoms. The number of anilines is 1. The number of thiazole rings is 1. The Balaban J connectivity index is 1.67. The Bertz CT molecular complexity index is 404. The second-order valence-corrected chi connectivity index (χ2v) is 5.53. The highest BCUT2D eigenvalue weighted by molar-refractivity contribution is 7.13. The van der Waals surface area contributed by atoms with Gasteiger partial charge in [-0.2, -0.15) is 0 Å². The van der Waals surface area contributed by atoms with Gasteiger partial charge in [-0.1, -0.05) is 0 Å². The average Bonchev–Trinajstić information content (AvgIpc) is 3.08. The van der Waals surface area contributed by atoms with E-state index in [1.54, 1.807) is 11.3 Å². The summed E-state index contributed by atoms with van der Waals surface area (Å²) in [6, 6.07) is 0.786. The van der Waals surface area contributed by atoms with E-state index < -0.39 is 5.97 Å². The molecule has 0 amide bonds. The number of likely N-dealkylation sites (N-methyl/N-ethyl adjacent to an activating group) is 1. The molecule has 100 valence electrons.